The summed E-state index contributed by atoms with van der Waals surface area (Å²) in [5.41, 5.74) is 5.21. The highest BCUT2D eigenvalue weighted by Crippen LogP contribution is 2.19. The van der Waals surface area contributed by atoms with Gasteiger partial charge < -0.3 is 5.32 Å². The minimum absolute atomic E-state index is 0.0926. The van der Waals surface area contributed by atoms with Gasteiger partial charge in [0.15, 0.2) is 0 Å². The second-order valence-corrected chi connectivity index (χ2v) is 6.48. The van der Waals surface area contributed by atoms with E-state index in [9.17, 15) is 5.26 Å². The Bertz CT molecular complexity index is 793. The number of hydrogen-bond donors (Lipinski definition) is 1. The molecule has 2 aromatic rings. The van der Waals surface area contributed by atoms with E-state index in [-0.39, 0.29) is 5.92 Å². The molecule has 0 amide bonds. The predicted molar refractivity (Wildman–Crippen MR) is 98.3 cm³/mol. The number of rotatable bonds is 6. The first kappa shape index (κ1) is 17.1. The molecule has 1 N–H and O–H groups in total. The van der Waals surface area contributed by atoms with E-state index in [1.165, 1.54) is 17.5 Å². The molecule has 1 aliphatic heterocycles. The van der Waals surface area contributed by atoms with Gasteiger partial charge in [-0.1, -0.05) is 30.8 Å². The Morgan fingerprint density at radius 3 is 2.92 bits per heavy atom. The maximum atomic E-state index is 9.51. The van der Waals surface area contributed by atoms with Gasteiger partial charge in [0.1, 0.15) is 6.33 Å². The molecule has 0 saturated heterocycles. The number of aromatic nitrogens is 2. The number of nitrogens with one attached hydrogen (secondary N) is 1. The van der Waals surface area contributed by atoms with Crippen LogP contribution >= 0.6 is 0 Å². The minimum atomic E-state index is -0.0926. The fourth-order valence-corrected chi connectivity index (χ4v) is 3.13. The van der Waals surface area contributed by atoms with Gasteiger partial charge >= 0.3 is 0 Å². The summed E-state index contributed by atoms with van der Waals surface area (Å²) >= 11 is 0. The number of nitrogens with zero attached hydrogens (tertiary/aromatic N) is 4. The molecule has 0 aliphatic carbocycles. The zero-order chi connectivity index (χ0) is 17.6. The van der Waals surface area contributed by atoms with Crippen molar-refractivity contribution in [3.63, 3.8) is 0 Å². The van der Waals surface area contributed by atoms with E-state index in [2.05, 4.69) is 57.1 Å². The second-order valence-electron chi connectivity index (χ2n) is 6.48. The first-order valence-corrected chi connectivity index (χ1v) is 8.56. The van der Waals surface area contributed by atoms with E-state index in [0.717, 1.165) is 43.1 Å². The van der Waals surface area contributed by atoms with Crippen molar-refractivity contribution in [2.24, 2.45) is 5.92 Å². The lowest BCUT2D eigenvalue weighted by molar-refractivity contribution is 0.231. The fourth-order valence-electron chi connectivity index (χ4n) is 3.13. The van der Waals surface area contributed by atoms with Crippen molar-refractivity contribution < 1.29 is 0 Å². The minimum Gasteiger partial charge on any atom is -0.382 e. The van der Waals surface area contributed by atoms with E-state index in [1.54, 1.807) is 0 Å². The maximum Gasteiger partial charge on any atom is 0.116 e. The fraction of sp³-hybridized carbons (Fsp3) is 0.350. The third kappa shape index (κ3) is 4.43. The largest absolute Gasteiger partial charge is 0.382 e. The van der Waals surface area contributed by atoms with Crippen LogP contribution in [0.15, 0.2) is 43.2 Å². The Morgan fingerprint density at radius 1 is 1.36 bits per heavy atom. The number of fused-ring (bicyclic) bond motifs is 1. The third-order valence-corrected chi connectivity index (χ3v) is 4.55. The number of nitriles is 1. The Morgan fingerprint density at radius 2 is 2.16 bits per heavy atom. The van der Waals surface area contributed by atoms with Crippen molar-refractivity contribution in [1.82, 2.24) is 20.2 Å². The van der Waals surface area contributed by atoms with Crippen molar-refractivity contribution >= 4 is 5.70 Å². The number of benzene rings is 1. The molecule has 1 aromatic carbocycles. The van der Waals surface area contributed by atoms with Gasteiger partial charge in [0, 0.05) is 31.9 Å². The van der Waals surface area contributed by atoms with E-state index in [0.29, 0.717) is 6.54 Å². The summed E-state index contributed by atoms with van der Waals surface area (Å²) in [5.74, 6) is -0.0926. The summed E-state index contributed by atoms with van der Waals surface area (Å²) < 4.78 is 0. The van der Waals surface area contributed by atoms with E-state index >= 15 is 0 Å². The first-order chi connectivity index (χ1) is 12.2. The van der Waals surface area contributed by atoms with Crippen LogP contribution < -0.4 is 5.32 Å². The van der Waals surface area contributed by atoms with Crippen LogP contribution in [0.5, 0.6) is 0 Å². The summed E-state index contributed by atoms with van der Waals surface area (Å²) in [4.78, 5) is 10.7. The summed E-state index contributed by atoms with van der Waals surface area (Å²) in [7, 11) is 0. The van der Waals surface area contributed by atoms with Gasteiger partial charge in [-0.15, -0.1) is 0 Å². The van der Waals surface area contributed by atoms with Crippen LogP contribution in [0, 0.1) is 24.2 Å². The zero-order valence-corrected chi connectivity index (χ0v) is 14.6. The van der Waals surface area contributed by atoms with Crippen LogP contribution in [0.3, 0.4) is 0 Å². The van der Waals surface area contributed by atoms with Crippen molar-refractivity contribution in [2.75, 3.05) is 19.6 Å². The van der Waals surface area contributed by atoms with Crippen LogP contribution in [0.4, 0.5) is 0 Å². The highest BCUT2D eigenvalue weighted by Gasteiger charge is 2.19. The highest BCUT2D eigenvalue weighted by atomic mass is 15.1. The Kier molecular flexibility index (Phi) is 5.42. The molecule has 0 spiro atoms. The topological polar surface area (TPSA) is 64.8 Å². The van der Waals surface area contributed by atoms with E-state index in [4.69, 9.17) is 0 Å². The lowest BCUT2D eigenvalue weighted by Gasteiger charge is -2.30. The quantitative estimate of drug-likeness (QED) is 0.880. The molecule has 1 aromatic heterocycles. The normalized spacial score (nSPS) is 15.0. The molecule has 0 radical (unpaired) electrons. The van der Waals surface area contributed by atoms with Gasteiger partial charge in [-0.25, -0.2) is 9.97 Å². The molecule has 0 fully saturated rings. The molecular weight excluding hydrogens is 310 g/mol. The van der Waals surface area contributed by atoms with Gasteiger partial charge in [0.2, 0.25) is 0 Å². The molecule has 2 heterocycles. The third-order valence-electron chi connectivity index (χ3n) is 4.55. The standard InChI is InChI=1S/C20H23N5/c1-15-9-20(24-14-23-15)16(2)22-11-17(10-21)12-25-8-7-18-5-3-4-6-19(18)13-25/h3-6,9,14,17,22H,2,7-8,11-13H2,1H3. The average Bonchev–Trinajstić information content (AvgIpc) is 2.64. The Hall–Kier alpha value is -2.71. The maximum absolute atomic E-state index is 9.51. The molecule has 1 aliphatic rings. The average molecular weight is 333 g/mol. The summed E-state index contributed by atoms with van der Waals surface area (Å²) in [6.07, 6.45) is 2.58. The van der Waals surface area contributed by atoms with Gasteiger partial charge in [0.05, 0.1) is 23.4 Å². The molecule has 1 unspecified atom stereocenters. The molecule has 3 rings (SSSR count). The molecule has 0 bridgehead atoms. The Labute approximate surface area is 149 Å². The van der Waals surface area contributed by atoms with Gasteiger partial charge in [-0.3, -0.25) is 4.90 Å². The Balaban J connectivity index is 1.54. The molecular formula is C20H23N5. The lowest BCUT2D eigenvalue weighted by atomic mass is 9.99. The van der Waals surface area contributed by atoms with Crippen molar-refractivity contribution in [1.29, 1.82) is 5.26 Å². The molecule has 25 heavy (non-hydrogen) atoms. The van der Waals surface area contributed by atoms with Gasteiger partial charge in [-0.05, 0) is 30.5 Å². The number of aryl methyl sites for hydroxylation is 1. The van der Waals surface area contributed by atoms with Crippen LogP contribution in [0.25, 0.3) is 5.70 Å². The van der Waals surface area contributed by atoms with Crippen molar-refractivity contribution in [3.05, 3.63) is 65.8 Å². The van der Waals surface area contributed by atoms with Gasteiger partial charge in [-0.2, -0.15) is 5.26 Å². The summed E-state index contributed by atoms with van der Waals surface area (Å²) in [6, 6.07) is 12.9. The van der Waals surface area contributed by atoms with Crippen molar-refractivity contribution in [2.45, 2.75) is 19.9 Å². The summed E-state index contributed by atoms with van der Waals surface area (Å²) in [6.45, 7) is 9.19. The van der Waals surface area contributed by atoms with Crippen LogP contribution in [-0.2, 0) is 13.0 Å². The lowest BCUT2D eigenvalue weighted by Crippen LogP contribution is -2.37. The number of hydrogen-bond acceptors (Lipinski definition) is 5. The smallest absolute Gasteiger partial charge is 0.116 e. The SMILES string of the molecule is C=C(NCC(C#N)CN1CCc2ccccc2C1)c1cc(C)ncn1. The van der Waals surface area contributed by atoms with Crippen LogP contribution in [0.2, 0.25) is 0 Å². The molecule has 5 nitrogen and oxygen atoms in total. The predicted octanol–water partition coefficient (Wildman–Crippen LogP) is 2.54. The molecule has 5 heteroatoms. The molecule has 0 saturated carbocycles. The van der Waals surface area contributed by atoms with Crippen molar-refractivity contribution in [3.8, 4) is 6.07 Å². The van der Waals surface area contributed by atoms with E-state index in [1.807, 2.05) is 13.0 Å². The van der Waals surface area contributed by atoms with Crippen LogP contribution in [-0.4, -0.2) is 34.5 Å². The molecule has 128 valence electrons. The van der Waals surface area contributed by atoms with E-state index < -0.39 is 0 Å². The zero-order valence-electron chi connectivity index (χ0n) is 14.6. The highest BCUT2D eigenvalue weighted by molar-refractivity contribution is 5.57. The van der Waals surface area contributed by atoms with Gasteiger partial charge in [0.25, 0.3) is 0 Å². The monoisotopic (exact) mass is 333 g/mol. The first-order valence-electron chi connectivity index (χ1n) is 8.56. The van der Waals surface area contributed by atoms with Crippen LogP contribution in [0.1, 0.15) is 22.5 Å². The molecule has 1 atom stereocenters. The summed E-state index contributed by atoms with van der Waals surface area (Å²) in [5, 5.41) is 12.8. The second kappa shape index (κ2) is 7.91.